The second kappa shape index (κ2) is 9.94. The topological polar surface area (TPSA) is 103 Å². The molecule has 1 fully saturated rings. The third-order valence-electron chi connectivity index (χ3n) is 4.73. The van der Waals surface area contributed by atoms with E-state index >= 15 is 0 Å². The highest BCUT2D eigenvalue weighted by molar-refractivity contribution is 6.02. The quantitative estimate of drug-likeness (QED) is 0.203. The van der Waals surface area contributed by atoms with Crippen molar-refractivity contribution >= 4 is 11.5 Å². The van der Waals surface area contributed by atoms with Crippen LogP contribution in [-0.4, -0.2) is 47.3 Å². The number of amidine groups is 1. The van der Waals surface area contributed by atoms with Gasteiger partial charge in [0.15, 0.2) is 5.84 Å². The lowest BCUT2D eigenvalue weighted by atomic mass is 10.0. The number of morpholine rings is 1. The fraction of sp³-hybridized carbons (Fsp3) is 0.318. The van der Waals surface area contributed by atoms with E-state index in [1.807, 2.05) is 24.3 Å². The number of rotatable bonds is 5. The number of nitrogens with two attached hydrogens (primary N) is 1. The predicted octanol–water partition coefficient (Wildman–Crippen LogP) is 2.04. The SMILES string of the molecule is CC#CCc1cc(C(=Nc2ccc(CN3CCOCC3)cc2)NN)c(O)cc1O. The summed E-state index contributed by atoms with van der Waals surface area (Å²) in [4.78, 5) is 6.87. The summed E-state index contributed by atoms with van der Waals surface area (Å²) in [5.41, 5.74) is 5.43. The molecule has 2 aromatic carbocycles. The standard InChI is InChI=1S/C22H26N4O3/c1-2-3-4-17-13-19(21(28)14-20(17)27)22(25-23)24-18-7-5-16(6-8-18)15-26-9-11-29-12-10-26/h5-8,13-14,27-28H,4,9-12,15,23H2,1H3,(H,24,25). The lowest BCUT2D eigenvalue weighted by Gasteiger charge is -2.26. The molecule has 3 rings (SSSR count). The van der Waals surface area contributed by atoms with Crippen molar-refractivity contribution in [2.24, 2.45) is 10.8 Å². The van der Waals surface area contributed by atoms with E-state index in [9.17, 15) is 10.2 Å². The van der Waals surface area contributed by atoms with Crippen LogP contribution in [0.4, 0.5) is 5.69 Å². The molecule has 29 heavy (non-hydrogen) atoms. The van der Waals surface area contributed by atoms with Gasteiger partial charge in [0.1, 0.15) is 11.5 Å². The number of aliphatic imine (C=N–C) groups is 1. The van der Waals surface area contributed by atoms with Crippen LogP contribution in [-0.2, 0) is 17.7 Å². The van der Waals surface area contributed by atoms with Gasteiger partial charge in [-0.2, -0.15) is 0 Å². The average molecular weight is 394 g/mol. The molecule has 0 radical (unpaired) electrons. The van der Waals surface area contributed by atoms with Crippen molar-refractivity contribution < 1.29 is 14.9 Å². The fourth-order valence-corrected chi connectivity index (χ4v) is 3.13. The van der Waals surface area contributed by atoms with Crippen LogP contribution in [0.5, 0.6) is 11.5 Å². The minimum atomic E-state index is -0.114. The van der Waals surface area contributed by atoms with Crippen LogP contribution in [0.2, 0.25) is 0 Å². The van der Waals surface area contributed by atoms with Crippen molar-refractivity contribution in [2.75, 3.05) is 26.3 Å². The number of phenolic OH excluding ortho intramolecular Hbond substituents is 2. The summed E-state index contributed by atoms with van der Waals surface area (Å²) in [6.45, 7) is 6.02. The first-order chi connectivity index (χ1) is 14.1. The number of hydrogen-bond donors (Lipinski definition) is 4. The number of nitrogens with zero attached hydrogens (tertiary/aromatic N) is 2. The van der Waals surface area contributed by atoms with Gasteiger partial charge in [0.25, 0.3) is 0 Å². The fourth-order valence-electron chi connectivity index (χ4n) is 3.13. The molecule has 0 spiro atoms. The molecule has 0 aliphatic carbocycles. The third kappa shape index (κ3) is 5.48. The molecule has 0 bridgehead atoms. The summed E-state index contributed by atoms with van der Waals surface area (Å²) >= 11 is 0. The molecule has 152 valence electrons. The number of hydrazine groups is 1. The molecular formula is C22H26N4O3. The maximum Gasteiger partial charge on any atom is 0.151 e. The molecule has 0 atom stereocenters. The smallest absolute Gasteiger partial charge is 0.151 e. The van der Waals surface area contributed by atoms with Gasteiger partial charge in [0, 0.05) is 37.7 Å². The molecule has 0 amide bonds. The van der Waals surface area contributed by atoms with Crippen molar-refractivity contribution in [1.29, 1.82) is 0 Å². The molecule has 0 saturated carbocycles. The largest absolute Gasteiger partial charge is 0.507 e. The first-order valence-electron chi connectivity index (χ1n) is 9.50. The van der Waals surface area contributed by atoms with E-state index in [1.54, 1.807) is 13.0 Å². The Kier molecular flexibility index (Phi) is 7.09. The van der Waals surface area contributed by atoms with Gasteiger partial charge in [-0.15, -0.1) is 5.92 Å². The van der Waals surface area contributed by atoms with Crippen LogP contribution in [0.25, 0.3) is 0 Å². The summed E-state index contributed by atoms with van der Waals surface area (Å²) < 4.78 is 5.38. The molecule has 0 unspecified atom stereocenters. The van der Waals surface area contributed by atoms with E-state index in [1.165, 1.54) is 11.6 Å². The van der Waals surface area contributed by atoms with Gasteiger partial charge >= 0.3 is 0 Å². The zero-order valence-corrected chi connectivity index (χ0v) is 16.5. The Hall–Kier alpha value is -3.05. The number of hydrogen-bond acceptors (Lipinski definition) is 6. The van der Waals surface area contributed by atoms with E-state index in [0.29, 0.717) is 29.1 Å². The van der Waals surface area contributed by atoms with E-state index in [4.69, 9.17) is 10.6 Å². The molecule has 0 aromatic heterocycles. The monoisotopic (exact) mass is 394 g/mol. The Morgan fingerprint density at radius 3 is 2.55 bits per heavy atom. The Labute approximate surface area is 170 Å². The van der Waals surface area contributed by atoms with Gasteiger partial charge in [-0.25, -0.2) is 10.8 Å². The second-order valence-corrected chi connectivity index (χ2v) is 6.76. The van der Waals surface area contributed by atoms with Crippen LogP contribution in [0.1, 0.15) is 23.6 Å². The van der Waals surface area contributed by atoms with Gasteiger partial charge in [-0.1, -0.05) is 18.1 Å². The highest BCUT2D eigenvalue weighted by Crippen LogP contribution is 2.28. The van der Waals surface area contributed by atoms with Crippen molar-refractivity contribution in [3.05, 3.63) is 53.1 Å². The van der Waals surface area contributed by atoms with E-state index in [2.05, 4.69) is 27.2 Å². The lowest BCUT2D eigenvalue weighted by Crippen LogP contribution is -2.35. The van der Waals surface area contributed by atoms with Crippen LogP contribution in [0.15, 0.2) is 41.4 Å². The highest BCUT2D eigenvalue weighted by Gasteiger charge is 2.14. The van der Waals surface area contributed by atoms with E-state index < -0.39 is 0 Å². The van der Waals surface area contributed by atoms with Gasteiger partial charge in [0.05, 0.1) is 24.5 Å². The average Bonchev–Trinajstić information content (AvgIpc) is 2.74. The van der Waals surface area contributed by atoms with Crippen molar-refractivity contribution in [3.8, 4) is 23.3 Å². The van der Waals surface area contributed by atoms with Crippen molar-refractivity contribution in [1.82, 2.24) is 10.3 Å². The first-order valence-corrected chi connectivity index (χ1v) is 9.50. The molecule has 1 heterocycles. The number of phenols is 2. The highest BCUT2D eigenvalue weighted by atomic mass is 16.5. The second-order valence-electron chi connectivity index (χ2n) is 6.76. The Balaban J connectivity index is 1.81. The Bertz CT molecular complexity index is 924. The minimum Gasteiger partial charge on any atom is -0.507 e. The van der Waals surface area contributed by atoms with E-state index in [0.717, 1.165) is 32.8 Å². The Morgan fingerprint density at radius 2 is 1.90 bits per heavy atom. The number of nitrogens with one attached hydrogen (secondary N) is 1. The van der Waals surface area contributed by atoms with Crippen LogP contribution in [0.3, 0.4) is 0 Å². The maximum atomic E-state index is 10.3. The van der Waals surface area contributed by atoms with Gasteiger partial charge in [0.2, 0.25) is 0 Å². The van der Waals surface area contributed by atoms with Gasteiger partial charge in [-0.3, -0.25) is 4.90 Å². The summed E-state index contributed by atoms with van der Waals surface area (Å²) in [5.74, 6) is 11.5. The zero-order chi connectivity index (χ0) is 20.6. The molecule has 1 aliphatic heterocycles. The summed E-state index contributed by atoms with van der Waals surface area (Å²) in [5, 5.41) is 20.3. The zero-order valence-electron chi connectivity index (χ0n) is 16.5. The number of ether oxygens (including phenoxy) is 1. The molecule has 7 nitrogen and oxygen atoms in total. The van der Waals surface area contributed by atoms with Crippen molar-refractivity contribution in [3.63, 3.8) is 0 Å². The summed E-state index contributed by atoms with van der Waals surface area (Å²) in [6, 6.07) is 10.8. The number of aromatic hydroxyl groups is 2. The molecule has 2 aromatic rings. The summed E-state index contributed by atoms with van der Waals surface area (Å²) in [6.07, 6.45) is 0.365. The van der Waals surface area contributed by atoms with Gasteiger partial charge in [-0.05, 0) is 30.7 Å². The number of benzene rings is 2. The Morgan fingerprint density at radius 1 is 1.17 bits per heavy atom. The lowest BCUT2D eigenvalue weighted by molar-refractivity contribution is 0.0342. The molecular weight excluding hydrogens is 368 g/mol. The molecule has 1 saturated heterocycles. The molecule has 1 aliphatic rings. The summed E-state index contributed by atoms with van der Waals surface area (Å²) in [7, 11) is 0. The predicted molar refractivity (Wildman–Crippen MR) is 113 cm³/mol. The first kappa shape index (κ1) is 20.7. The maximum absolute atomic E-state index is 10.3. The van der Waals surface area contributed by atoms with E-state index in [-0.39, 0.29) is 11.5 Å². The molecule has 5 N–H and O–H groups in total. The van der Waals surface area contributed by atoms with Gasteiger partial charge < -0.3 is 20.4 Å². The normalized spacial score (nSPS) is 14.9. The van der Waals surface area contributed by atoms with Crippen LogP contribution in [0, 0.1) is 11.8 Å². The van der Waals surface area contributed by atoms with Crippen molar-refractivity contribution in [2.45, 2.75) is 19.9 Å². The molecule has 7 heteroatoms. The van der Waals surface area contributed by atoms with Crippen LogP contribution >= 0.6 is 0 Å². The minimum absolute atomic E-state index is 0.0159. The third-order valence-corrected chi connectivity index (χ3v) is 4.73. The van der Waals surface area contributed by atoms with Crippen LogP contribution < -0.4 is 11.3 Å².